The van der Waals surface area contributed by atoms with Gasteiger partial charge in [0.25, 0.3) is 0 Å². The number of hydrogen-bond acceptors (Lipinski definition) is 8. The third kappa shape index (κ3) is 4.76. The van der Waals surface area contributed by atoms with Crippen LogP contribution >= 0.6 is 19.4 Å². The van der Waals surface area contributed by atoms with Gasteiger partial charge in [0, 0.05) is 12.6 Å². The first-order chi connectivity index (χ1) is 11.1. The van der Waals surface area contributed by atoms with E-state index in [0.717, 1.165) is 4.57 Å². The highest BCUT2D eigenvalue weighted by atomic mass is 35.5. The number of hydrogen-bond donors (Lipinski definition) is 3. The molecule has 1 aliphatic rings. The van der Waals surface area contributed by atoms with Gasteiger partial charge < -0.3 is 20.5 Å². The van der Waals surface area contributed by atoms with Gasteiger partial charge in [0.05, 0.1) is 23.8 Å². The van der Waals surface area contributed by atoms with Crippen LogP contribution in [0.25, 0.3) is 0 Å². The van der Waals surface area contributed by atoms with Gasteiger partial charge in [-0.3, -0.25) is 13.6 Å². The number of phosphoric acid groups is 1. The molecular weight excluding hydrogens is 365 g/mol. The van der Waals surface area contributed by atoms with Crippen LogP contribution in [0.15, 0.2) is 11.0 Å². The molecule has 1 aromatic rings. The van der Waals surface area contributed by atoms with Crippen LogP contribution in [0.3, 0.4) is 0 Å². The molecule has 4 unspecified atom stereocenters. The summed E-state index contributed by atoms with van der Waals surface area (Å²) in [6.07, 6.45) is -2.03. The van der Waals surface area contributed by atoms with Crippen LogP contribution in [-0.4, -0.2) is 44.5 Å². The lowest BCUT2D eigenvalue weighted by Gasteiger charge is -2.19. The van der Waals surface area contributed by atoms with Crippen molar-refractivity contribution in [3.05, 3.63) is 21.7 Å². The molecule has 0 amide bonds. The third-order valence-electron chi connectivity index (χ3n) is 3.14. The lowest BCUT2D eigenvalue weighted by Crippen LogP contribution is -2.32. The van der Waals surface area contributed by atoms with Gasteiger partial charge in [-0.15, -0.1) is 0 Å². The molecule has 0 radical (unpaired) electrons. The molecule has 136 valence electrons. The van der Waals surface area contributed by atoms with Crippen molar-refractivity contribution >= 4 is 25.2 Å². The molecule has 12 heteroatoms. The summed E-state index contributed by atoms with van der Waals surface area (Å²) in [7, 11) is -4.22. The highest BCUT2D eigenvalue weighted by Gasteiger charge is 2.37. The fourth-order valence-corrected chi connectivity index (χ4v) is 3.30. The zero-order chi connectivity index (χ0) is 18.1. The maximum absolute atomic E-state index is 11.9. The van der Waals surface area contributed by atoms with E-state index in [1.807, 2.05) is 0 Å². The molecule has 0 saturated carbocycles. The van der Waals surface area contributed by atoms with Gasteiger partial charge in [-0.2, -0.15) is 4.98 Å². The Morgan fingerprint density at radius 2 is 2.29 bits per heavy atom. The lowest BCUT2D eigenvalue weighted by molar-refractivity contribution is -0.0536. The van der Waals surface area contributed by atoms with Gasteiger partial charge in [-0.1, -0.05) is 11.6 Å². The molecular formula is C12H19ClN3O7P. The predicted molar refractivity (Wildman–Crippen MR) is 84.5 cm³/mol. The lowest BCUT2D eigenvalue weighted by atomic mass is 10.2. The van der Waals surface area contributed by atoms with Gasteiger partial charge in [-0.05, 0) is 13.8 Å². The van der Waals surface area contributed by atoms with Crippen molar-refractivity contribution in [2.75, 3.05) is 12.3 Å². The topological polar surface area (TPSA) is 146 Å². The number of aliphatic hydroxyl groups excluding tert-OH is 1. The molecule has 0 spiro atoms. The molecule has 0 bridgehead atoms. The number of aromatic nitrogens is 2. The van der Waals surface area contributed by atoms with Gasteiger partial charge in [0.1, 0.15) is 11.9 Å². The normalized spacial score (nSPS) is 26.7. The number of nitrogens with two attached hydrogens (primary N) is 1. The second kappa shape index (κ2) is 7.49. The first kappa shape index (κ1) is 19.3. The van der Waals surface area contributed by atoms with Crippen LogP contribution < -0.4 is 11.4 Å². The molecule has 1 fully saturated rings. The Bertz CT molecular complexity index is 698. The minimum absolute atomic E-state index is 0.0373. The molecule has 2 heterocycles. The number of nitrogens with zero attached hydrogens (tertiary/aromatic N) is 2. The van der Waals surface area contributed by atoms with Crippen LogP contribution in [0.2, 0.25) is 5.02 Å². The second-order valence-electron chi connectivity index (χ2n) is 5.53. The number of ether oxygens (including phenoxy) is 1. The quantitative estimate of drug-likeness (QED) is 0.603. The van der Waals surface area contributed by atoms with Crippen LogP contribution in [0, 0.1) is 0 Å². The van der Waals surface area contributed by atoms with E-state index in [2.05, 4.69) is 4.98 Å². The van der Waals surface area contributed by atoms with E-state index >= 15 is 0 Å². The van der Waals surface area contributed by atoms with Gasteiger partial charge in [-0.25, -0.2) is 9.36 Å². The summed E-state index contributed by atoms with van der Waals surface area (Å²) in [5.41, 5.74) is 4.70. The van der Waals surface area contributed by atoms with E-state index in [9.17, 15) is 19.4 Å². The number of halogens is 1. The van der Waals surface area contributed by atoms with Crippen LogP contribution in [0.4, 0.5) is 5.82 Å². The van der Waals surface area contributed by atoms with Gasteiger partial charge in [0.2, 0.25) is 0 Å². The van der Waals surface area contributed by atoms with Crippen molar-refractivity contribution in [2.24, 2.45) is 0 Å². The van der Waals surface area contributed by atoms with Crippen LogP contribution in [0.1, 0.15) is 26.5 Å². The first-order valence-corrected chi connectivity index (χ1v) is 9.00. The van der Waals surface area contributed by atoms with Gasteiger partial charge >= 0.3 is 13.5 Å². The standard InChI is InChI=1S/C12H19ClN3O7P/c1-6(2)23-24(19,20)21-5-7-3-9(17)11(22-7)16-4-8(13)10(14)15-12(16)18/h4,6-7,9,11,17H,3,5H2,1-2H3,(H,19,20)(H2,14,15,18). The molecule has 24 heavy (non-hydrogen) atoms. The molecule has 0 aromatic carbocycles. The van der Waals surface area contributed by atoms with Crippen LogP contribution in [-0.2, 0) is 18.3 Å². The minimum atomic E-state index is -4.22. The van der Waals surface area contributed by atoms with Crippen molar-refractivity contribution < 1.29 is 28.3 Å². The summed E-state index contributed by atoms with van der Waals surface area (Å²) < 4.78 is 27.7. The van der Waals surface area contributed by atoms with Crippen molar-refractivity contribution in [1.29, 1.82) is 0 Å². The summed E-state index contributed by atoms with van der Waals surface area (Å²) in [6.45, 7) is 2.88. The maximum Gasteiger partial charge on any atom is 0.472 e. The minimum Gasteiger partial charge on any atom is -0.388 e. The average molecular weight is 384 g/mol. The van der Waals surface area contributed by atoms with E-state index in [4.69, 9.17) is 31.1 Å². The summed E-state index contributed by atoms with van der Waals surface area (Å²) in [5, 5.41) is 10.1. The van der Waals surface area contributed by atoms with Crippen molar-refractivity contribution in [3.63, 3.8) is 0 Å². The largest absolute Gasteiger partial charge is 0.472 e. The summed E-state index contributed by atoms with van der Waals surface area (Å²) in [5.74, 6) is -0.127. The number of anilines is 1. The number of aliphatic hydroxyl groups is 1. The summed E-state index contributed by atoms with van der Waals surface area (Å²) >= 11 is 5.82. The van der Waals surface area contributed by atoms with Crippen molar-refractivity contribution in [3.8, 4) is 0 Å². The average Bonchev–Trinajstić information content (AvgIpc) is 2.80. The molecule has 2 rings (SSSR count). The predicted octanol–water partition coefficient (Wildman–Crippen LogP) is 0.669. The summed E-state index contributed by atoms with van der Waals surface area (Å²) in [4.78, 5) is 24.9. The Morgan fingerprint density at radius 1 is 1.62 bits per heavy atom. The molecule has 1 aromatic heterocycles. The Balaban J connectivity index is 2.04. The van der Waals surface area contributed by atoms with Crippen molar-refractivity contribution in [2.45, 2.75) is 44.8 Å². The molecule has 4 atom stereocenters. The van der Waals surface area contributed by atoms with E-state index in [0.29, 0.717) is 0 Å². The maximum atomic E-state index is 11.9. The molecule has 1 saturated heterocycles. The number of nitrogen functional groups attached to an aromatic ring is 1. The third-order valence-corrected chi connectivity index (χ3v) is 4.60. The SMILES string of the molecule is CC(C)OP(=O)(O)OCC1CC(O)C(n2cc(Cl)c(N)nc2=O)O1. The second-order valence-corrected chi connectivity index (χ2v) is 7.35. The smallest absolute Gasteiger partial charge is 0.388 e. The zero-order valence-corrected chi connectivity index (χ0v) is 14.7. The van der Waals surface area contributed by atoms with Crippen LogP contribution in [0.5, 0.6) is 0 Å². The van der Waals surface area contributed by atoms with E-state index in [1.54, 1.807) is 13.8 Å². The number of rotatable bonds is 6. The van der Waals surface area contributed by atoms with Crippen molar-refractivity contribution in [1.82, 2.24) is 9.55 Å². The molecule has 1 aliphatic heterocycles. The highest BCUT2D eigenvalue weighted by molar-refractivity contribution is 7.47. The monoisotopic (exact) mass is 383 g/mol. The Morgan fingerprint density at radius 3 is 2.92 bits per heavy atom. The fraction of sp³-hybridized carbons (Fsp3) is 0.667. The molecule has 0 aliphatic carbocycles. The zero-order valence-electron chi connectivity index (χ0n) is 13.0. The fourth-order valence-electron chi connectivity index (χ4n) is 2.20. The first-order valence-electron chi connectivity index (χ1n) is 7.12. The summed E-state index contributed by atoms with van der Waals surface area (Å²) in [6, 6.07) is 0. The Hall–Kier alpha value is -1.00. The van der Waals surface area contributed by atoms with Gasteiger partial charge in [0.15, 0.2) is 6.23 Å². The van der Waals surface area contributed by atoms with E-state index in [1.165, 1.54) is 6.20 Å². The molecule has 10 nitrogen and oxygen atoms in total. The molecule has 4 N–H and O–H groups in total. The number of phosphoric ester groups is 1. The Labute approximate surface area is 142 Å². The van der Waals surface area contributed by atoms with E-state index < -0.39 is 38.1 Å². The highest BCUT2D eigenvalue weighted by Crippen LogP contribution is 2.45. The van der Waals surface area contributed by atoms with E-state index in [-0.39, 0.29) is 23.9 Å². The Kier molecular flexibility index (Phi) is 6.03.